The summed E-state index contributed by atoms with van der Waals surface area (Å²) < 4.78 is 5.39. The highest BCUT2D eigenvalue weighted by Gasteiger charge is 2.25. The summed E-state index contributed by atoms with van der Waals surface area (Å²) in [7, 11) is 0. The Morgan fingerprint density at radius 1 is 1.61 bits per heavy atom. The summed E-state index contributed by atoms with van der Waals surface area (Å²) in [4.78, 5) is 28.2. The fraction of sp³-hybridized carbons (Fsp3) is 0.500. The van der Waals surface area contributed by atoms with E-state index in [-0.39, 0.29) is 23.1 Å². The highest BCUT2D eigenvalue weighted by Crippen LogP contribution is 2.08. The van der Waals surface area contributed by atoms with Crippen LogP contribution in [0.4, 0.5) is 0 Å². The summed E-state index contributed by atoms with van der Waals surface area (Å²) in [5, 5.41) is 0. The molecular formula is C12H17N3O3. The first-order valence-electron chi connectivity index (χ1n) is 5.92. The van der Waals surface area contributed by atoms with Gasteiger partial charge in [-0.2, -0.15) is 0 Å². The lowest BCUT2D eigenvalue weighted by molar-refractivity contribution is -0.0168. The molecule has 98 valence electrons. The summed E-state index contributed by atoms with van der Waals surface area (Å²) in [6.07, 6.45) is -0.146. The molecule has 1 unspecified atom stereocenters. The number of aromatic amines is 1. The van der Waals surface area contributed by atoms with Crippen LogP contribution < -0.4 is 11.3 Å². The second-order valence-corrected chi connectivity index (χ2v) is 4.36. The van der Waals surface area contributed by atoms with E-state index in [2.05, 4.69) is 4.98 Å². The predicted octanol–water partition coefficient (Wildman–Crippen LogP) is -0.517. The zero-order valence-electron chi connectivity index (χ0n) is 10.3. The Hall–Kier alpha value is -1.66. The molecule has 18 heavy (non-hydrogen) atoms. The van der Waals surface area contributed by atoms with Gasteiger partial charge in [0.05, 0.1) is 12.7 Å². The van der Waals surface area contributed by atoms with E-state index in [1.54, 1.807) is 24.0 Å². The fourth-order valence-electron chi connectivity index (χ4n) is 1.96. The van der Waals surface area contributed by atoms with E-state index in [4.69, 9.17) is 10.5 Å². The van der Waals surface area contributed by atoms with Gasteiger partial charge in [-0.1, -0.05) is 0 Å². The zero-order valence-corrected chi connectivity index (χ0v) is 10.3. The molecule has 1 amide bonds. The number of nitrogens with two attached hydrogens (primary N) is 1. The van der Waals surface area contributed by atoms with Gasteiger partial charge in [0.2, 0.25) is 0 Å². The molecule has 1 aliphatic heterocycles. The van der Waals surface area contributed by atoms with Crippen molar-refractivity contribution in [2.75, 3.05) is 26.2 Å². The van der Waals surface area contributed by atoms with Gasteiger partial charge in [0.1, 0.15) is 5.56 Å². The number of carbonyl (C=O) groups excluding carboxylic acids is 1. The van der Waals surface area contributed by atoms with Gasteiger partial charge in [-0.25, -0.2) is 0 Å². The van der Waals surface area contributed by atoms with Crippen molar-refractivity contribution in [3.63, 3.8) is 0 Å². The molecule has 1 saturated heterocycles. The first kappa shape index (κ1) is 12.8. The van der Waals surface area contributed by atoms with Gasteiger partial charge in [-0.05, 0) is 19.1 Å². The number of hydrogen-bond acceptors (Lipinski definition) is 4. The van der Waals surface area contributed by atoms with Gasteiger partial charge in [0.15, 0.2) is 0 Å². The third-order valence-corrected chi connectivity index (χ3v) is 2.97. The lowest BCUT2D eigenvalue weighted by atomic mass is 10.2. The SMILES string of the molecule is Cc1ccc(C(=O)N2CCOC(CN)C2)c(=O)[nH]1. The van der Waals surface area contributed by atoms with Crippen molar-refractivity contribution in [1.82, 2.24) is 9.88 Å². The van der Waals surface area contributed by atoms with E-state index >= 15 is 0 Å². The molecule has 0 spiro atoms. The van der Waals surface area contributed by atoms with Crippen LogP contribution >= 0.6 is 0 Å². The third-order valence-electron chi connectivity index (χ3n) is 2.97. The Kier molecular flexibility index (Phi) is 3.78. The molecule has 0 aromatic carbocycles. The zero-order chi connectivity index (χ0) is 13.1. The number of hydrogen-bond donors (Lipinski definition) is 2. The molecule has 1 aromatic rings. The van der Waals surface area contributed by atoms with Crippen LogP contribution in [0.5, 0.6) is 0 Å². The maximum absolute atomic E-state index is 12.2. The minimum absolute atomic E-state index is 0.146. The number of nitrogens with zero attached hydrogens (tertiary/aromatic N) is 1. The van der Waals surface area contributed by atoms with Gasteiger partial charge in [-0.3, -0.25) is 9.59 Å². The monoisotopic (exact) mass is 251 g/mol. The van der Waals surface area contributed by atoms with E-state index in [1.807, 2.05) is 0 Å². The van der Waals surface area contributed by atoms with Crippen molar-refractivity contribution in [3.05, 3.63) is 33.7 Å². The summed E-state index contributed by atoms with van der Waals surface area (Å²) in [6, 6.07) is 3.28. The Morgan fingerprint density at radius 3 is 3.06 bits per heavy atom. The molecule has 1 aromatic heterocycles. The Labute approximate surface area is 105 Å². The van der Waals surface area contributed by atoms with Crippen LogP contribution in [-0.2, 0) is 4.74 Å². The van der Waals surface area contributed by atoms with Crippen molar-refractivity contribution in [1.29, 1.82) is 0 Å². The maximum atomic E-state index is 12.2. The molecule has 3 N–H and O–H groups in total. The number of pyridine rings is 1. The number of aromatic nitrogens is 1. The average Bonchev–Trinajstić information content (AvgIpc) is 2.38. The number of H-pyrrole nitrogens is 1. The summed E-state index contributed by atoms with van der Waals surface area (Å²) in [6.45, 7) is 3.52. The first-order valence-corrected chi connectivity index (χ1v) is 5.92. The molecule has 1 fully saturated rings. The largest absolute Gasteiger partial charge is 0.373 e. The minimum atomic E-state index is -0.351. The van der Waals surface area contributed by atoms with E-state index in [0.29, 0.717) is 26.2 Å². The Morgan fingerprint density at radius 2 is 2.39 bits per heavy atom. The number of nitrogens with one attached hydrogen (secondary N) is 1. The van der Waals surface area contributed by atoms with Crippen LogP contribution in [0.1, 0.15) is 16.1 Å². The van der Waals surface area contributed by atoms with Crippen LogP contribution in [0.25, 0.3) is 0 Å². The molecule has 0 radical (unpaired) electrons. The van der Waals surface area contributed by atoms with Crippen LogP contribution in [0, 0.1) is 6.92 Å². The minimum Gasteiger partial charge on any atom is -0.373 e. The number of morpholine rings is 1. The van der Waals surface area contributed by atoms with Gasteiger partial charge in [-0.15, -0.1) is 0 Å². The summed E-state index contributed by atoms with van der Waals surface area (Å²) in [5.74, 6) is -0.266. The van der Waals surface area contributed by atoms with Gasteiger partial charge in [0, 0.05) is 25.3 Å². The number of ether oxygens (including phenoxy) is 1. The topological polar surface area (TPSA) is 88.4 Å². The van der Waals surface area contributed by atoms with Crippen LogP contribution in [0.3, 0.4) is 0 Å². The van der Waals surface area contributed by atoms with Crippen LogP contribution in [-0.4, -0.2) is 48.1 Å². The van der Waals surface area contributed by atoms with Crippen molar-refractivity contribution >= 4 is 5.91 Å². The number of rotatable bonds is 2. The quantitative estimate of drug-likeness (QED) is 0.740. The van der Waals surface area contributed by atoms with Crippen LogP contribution in [0.15, 0.2) is 16.9 Å². The smallest absolute Gasteiger partial charge is 0.260 e. The second kappa shape index (κ2) is 5.32. The Balaban J connectivity index is 2.18. The number of carbonyl (C=O) groups is 1. The second-order valence-electron chi connectivity index (χ2n) is 4.36. The normalized spacial score (nSPS) is 19.9. The molecule has 1 aliphatic rings. The molecule has 0 aliphatic carbocycles. The van der Waals surface area contributed by atoms with Gasteiger partial charge < -0.3 is 20.4 Å². The van der Waals surface area contributed by atoms with Crippen molar-refractivity contribution in [2.24, 2.45) is 5.73 Å². The lowest BCUT2D eigenvalue weighted by Crippen LogP contribution is -2.49. The van der Waals surface area contributed by atoms with E-state index < -0.39 is 0 Å². The van der Waals surface area contributed by atoms with Crippen molar-refractivity contribution in [2.45, 2.75) is 13.0 Å². The highest BCUT2D eigenvalue weighted by molar-refractivity contribution is 5.93. The fourth-order valence-corrected chi connectivity index (χ4v) is 1.96. The summed E-state index contributed by atoms with van der Waals surface area (Å²) >= 11 is 0. The molecule has 0 saturated carbocycles. The van der Waals surface area contributed by atoms with E-state index in [9.17, 15) is 9.59 Å². The van der Waals surface area contributed by atoms with Gasteiger partial charge in [0.25, 0.3) is 11.5 Å². The van der Waals surface area contributed by atoms with Crippen molar-refractivity contribution in [3.8, 4) is 0 Å². The van der Waals surface area contributed by atoms with Crippen LogP contribution in [0.2, 0.25) is 0 Å². The molecule has 2 rings (SSSR count). The lowest BCUT2D eigenvalue weighted by Gasteiger charge is -2.32. The van der Waals surface area contributed by atoms with E-state index in [1.165, 1.54) is 0 Å². The number of aryl methyl sites for hydroxylation is 1. The van der Waals surface area contributed by atoms with Gasteiger partial charge >= 0.3 is 0 Å². The predicted molar refractivity (Wildman–Crippen MR) is 66.5 cm³/mol. The molecule has 0 bridgehead atoms. The average molecular weight is 251 g/mol. The first-order chi connectivity index (χ1) is 8.61. The standard InChI is InChI=1S/C12H17N3O3/c1-8-2-3-10(11(16)14-8)12(17)15-4-5-18-9(6-13)7-15/h2-3,9H,4-7,13H2,1H3,(H,14,16). The molecule has 2 heterocycles. The molecule has 1 atom stereocenters. The maximum Gasteiger partial charge on any atom is 0.260 e. The van der Waals surface area contributed by atoms with Crippen molar-refractivity contribution < 1.29 is 9.53 Å². The highest BCUT2D eigenvalue weighted by atomic mass is 16.5. The molecular weight excluding hydrogens is 234 g/mol. The number of amides is 1. The third kappa shape index (κ3) is 2.60. The Bertz CT molecular complexity index is 498. The molecule has 6 heteroatoms. The molecule has 6 nitrogen and oxygen atoms in total. The summed E-state index contributed by atoms with van der Waals surface area (Å²) in [5.41, 5.74) is 6.07. The van der Waals surface area contributed by atoms with E-state index in [0.717, 1.165) is 5.69 Å².